The van der Waals surface area contributed by atoms with Crippen LogP contribution < -0.4 is 0 Å². The van der Waals surface area contributed by atoms with E-state index in [0.29, 0.717) is 50.6 Å². The molecule has 2 fully saturated rings. The number of ether oxygens (including phenoxy) is 4. The minimum atomic E-state index is -0.793. The Balaban J connectivity index is 1.35. The van der Waals surface area contributed by atoms with Gasteiger partial charge in [-0.15, -0.1) is 0 Å². The van der Waals surface area contributed by atoms with Crippen molar-refractivity contribution in [3.05, 3.63) is 57.1 Å². The third-order valence-electron chi connectivity index (χ3n) is 8.55. The lowest BCUT2D eigenvalue weighted by molar-refractivity contribution is -0.160. The summed E-state index contributed by atoms with van der Waals surface area (Å²) in [6, 6.07) is 9.96. The van der Waals surface area contributed by atoms with Gasteiger partial charge in [0.1, 0.15) is 34.4 Å². The van der Waals surface area contributed by atoms with Crippen molar-refractivity contribution in [1.82, 2.24) is 24.3 Å². The molecule has 5 rings (SSSR count). The molecule has 1 saturated heterocycles. The van der Waals surface area contributed by atoms with Crippen LogP contribution in [-0.2, 0) is 25.4 Å². The maximum atomic E-state index is 13.7. The van der Waals surface area contributed by atoms with Crippen molar-refractivity contribution in [2.45, 2.75) is 110 Å². The molecule has 1 aliphatic carbocycles. The van der Waals surface area contributed by atoms with E-state index in [9.17, 15) is 9.59 Å². The Morgan fingerprint density at radius 1 is 0.959 bits per heavy atom. The summed E-state index contributed by atoms with van der Waals surface area (Å²) in [4.78, 5) is 39.3. The minimum absolute atomic E-state index is 0.0586. The molecule has 2 aromatic heterocycles. The van der Waals surface area contributed by atoms with E-state index in [2.05, 4.69) is 49.3 Å². The Morgan fingerprint density at radius 2 is 1.57 bits per heavy atom. The lowest BCUT2D eigenvalue weighted by Gasteiger charge is -2.32. The number of amides is 2. The number of aromatic nitrogens is 3. The van der Waals surface area contributed by atoms with Crippen LogP contribution in [0.3, 0.4) is 0 Å². The highest BCUT2D eigenvalue weighted by Gasteiger charge is 2.55. The molecular formula is C36H49ClIN5O6. The number of carbonyl (C=O) groups excluding carboxylic acids is 2. The summed E-state index contributed by atoms with van der Waals surface area (Å²) in [5.41, 5.74) is 0.571. The number of hydrogen-bond donors (Lipinski definition) is 0. The fraction of sp³-hybridized carbons (Fsp3) is 0.611. The summed E-state index contributed by atoms with van der Waals surface area (Å²) in [5.74, 6) is -0.852. The van der Waals surface area contributed by atoms with E-state index in [1.54, 1.807) is 9.80 Å². The van der Waals surface area contributed by atoms with Gasteiger partial charge in [-0.05, 0) is 103 Å². The van der Waals surface area contributed by atoms with E-state index in [4.69, 9.17) is 30.5 Å². The second-order valence-corrected chi connectivity index (χ2v) is 16.9. The first-order valence-corrected chi connectivity index (χ1v) is 18.4. The van der Waals surface area contributed by atoms with Crippen LogP contribution >= 0.6 is 34.2 Å². The zero-order valence-corrected chi connectivity index (χ0v) is 32.7. The molecular weight excluding hydrogens is 761 g/mol. The second kappa shape index (κ2) is 14.9. The zero-order chi connectivity index (χ0) is 35.7. The second-order valence-electron chi connectivity index (χ2n) is 15.4. The summed E-state index contributed by atoms with van der Waals surface area (Å²) in [7, 11) is 0. The Kier molecular flexibility index (Phi) is 11.4. The van der Waals surface area contributed by atoms with E-state index in [-0.39, 0.29) is 30.3 Å². The van der Waals surface area contributed by atoms with Crippen molar-refractivity contribution in [3.8, 4) is 0 Å². The standard InChI is InChI=1S/C36H49ClIN5O6/c1-34(2,3)48-32(44)41(18-15-23-13-10-9-11-14-23)16-12-17-42(33(45)49-35(4,5)6)20-24-19-26(29-28(24)46-36(7,8)47-29)43-21-25(38)27-30(37)39-22-40-31(27)43/h9-11,13-14,21-22,24,26,28-29H,12,15-20H2,1-8H3/t24-,26-,28-,29+/m1/s1. The van der Waals surface area contributed by atoms with Crippen molar-refractivity contribution in [2.75, 3.05) is 26.2 Å². The average molecular weight is 810 g/mol. The predicted octanol–water partition coefficient (Wildman–Crippen LogP) is 7.88. The number of benzene rings is 1. The minimum Gasteiger partial charge on any atom is -0.444 e. The maximum Gasteiger partial charge on any atom is 0.410 e. The number of hydrogen-bond acceptors (Lipinski definition) is 8. The van der Waals surface area contributed by atoms with E-state index in [0.717, 1.165) is 20.2 Å². The molecule has 0 unspecified atom stereocenters. The van der Waals surface area contributed by atoms with Crippen molar-refractivity contribution in [3.63, 3.8) is 0 Å². The van der Waals surface area contributed by atoms with E-state index >= 15 is 0 Å². The van der Waals surface area contributed by atoms with Gasteiger partial charge < -0.3 is 33.3 Å². The van der Waals surface area contributed by atoms with Crippen LogP contribution in [-0.4, -0.2) is 91.9 Å². The molecule has 1 saturated carbocycles. The van der Waals surface area contributed by atoms with Gasteiger partial charge in [0.2, 0.25) is 0 Å². The van der Waals surface area contributed by atoms with Crippen LogP contribution in [0.5, 0.6) is 0 Å². The highest BCUT2D eigenvalue weighted by molar-refractivity contribution is 14.1. The molecule has 2 aliphatic rings. The van der Waals surface area contributed by atoms with Crippen molar-refractivity contribution in [1.29, 1.82) is 0 Å². The highest BCUT2D eigenvalue weighted by atomic mass is 127. The molecule has 268 valence electrons. The smallest absolute Gasteiger partial charge is 0.410 e. The van der Waals surface area contributed by atoms with Crippen LogP contribution in [0.1, 0.15) is 79.8 Å². The van der Waals surface area contributed by atoms with Gasteiger partial charge in [-0.3, -0.25) is 0 Å². The average Bonchev–Trinajstić information content (AvgIpc) is 3.61. The molecule has 0 bridgehead atoms. The molecule has 1 aromatic carbocycles. The summed E-state index contributed by atoms with van der Waals surface area (Å²) in [6.07, 6.45) is 4.13. The summed E-state index contributed by atoms with van der Waals surface area (Å²) in [6.45, 7) is 16.7. The first kappa shape index (κ1) is 37.6. The number of nitrogens with zero attached hydrogens (tertiary/aromatic N) is 5. The highest BCUT2D eigenvalue weighted by Crippen LogP contribution is 2.48. The van der Waals surface area contributed by atoms with E-state index in [1.807, 2.05) is 79.8 Å². The maximum absolute atomic E-state index is 13.7. The molecule has 13 heteroatoms. The summed E-state index contributed by atoms with van der Waals surface area (Å²) >= 11 is 8.74. The molecule has 0 spiro atoms. The van der Waals surface area contributed by atoms with Gasteiger partial charge in [-0.1, -0.05) is 41.9 Å². The first-order valence-electron chi connectivity index (χ1n) is 16.9. The fourth-order valence-corrected chi connectivity index (χ4v) is 7.80. The molecule has 11 nitrogen and oxygen atoms in total. The lowest BCUT2D eigenvalue weighted by atomic mass is 10.0. The van der Waals surface area contributed by atoms with Gasteiger partial charge in [0.25, 0.3) is 0 Å². The van der Waals surface area contributed by atoms with Gasteiger partial charge in [-0.25, -0.2) is 19.6 Å². The van der Waals surface area contributed by atoms with Gasteiger partial charge in [0, 0.05) is 41.9 Å². The summed E-state index contributed by atoms with van der Waals surface area (Å²) in [5, 5.41) is 1.21. The zero-order valence-electron chi connectivity index (χ0n) is 29.7. The quantitative estimate of drug-likeness (QED) is 0.151. The van der Waals surface area contributed by atoms with E-state index < -0.39 is 23.1 Å². The van der Waals surface area contributed by atoms with Crippen LogP contribution in [0.15, 0.2) is 42.9 Å². The Morgan fingerprint density at radius 3 is 2.22 bits per heavy atom. The van der Waals surface area contributed by atoms with Gasteiger partial charge in [-0.2, -0.15) is 0 Å². The van der Waals surface area contributed by atoms with Crippen molar-refractivity contribution < 1.29 is 28.5 Å². The monoisotopic (exact) mass is 809 g/mol. The normalized spacial score (nSPS) is 21.8. The largest absolute Gasteiger partial charge is 0.444 e. The topological polar surface area (TPSA) is 108 Å². The molecule has 0 radical (unpaired) electrons. The van der Waals surface area contributed by atoms with Crippen LogP contribution in [0.25, 0.3) is 11.0 Å². The predicted molar refractivity (Wildman–Crippen MR) is 197 cm³/mol. The van der Waals surface area contributed by atoms with Gasteiger partial charge >= 0.3 is 12.2 Å². The molecule has 49 heavy (non-hydrogen) atoms. The van der Waals surface area contributed by atoms with Crippen molar-refractivity contribution in [2.24, 2.45) is 5.92 Å². The Hall–Kier alpha value is -2.68. The van der Waals surface area contributed by atoms with Crippen LogP contribution in [0, 0.1) is 9.49 Å². The third kappa shape index (κ3) is 9.56. The number of carbonyl (C=O) groups is 2. The molecule has 3 heterocycles. The molecule has 0 N–H and O–H groups in total. The summed E-state index contributed by atoms with van der Waals surface area (Å²) < 4.78 is 27.7. The van der Waals surface area contributed by atoms with Gasteiger partial charge in [0.05, 0.1) is 17.5 Å². The number of halogens is 2. The van der Waals surface area contributed by atoms with E-state index in [1.165, 1.54) is 6.33 Å². The van der Waals surface area contributed by atoms with Crippen LogP contribution in [0.2, 0.25) is 5.15 Å². The lowest BCUT2D eigenvalue weighted by Crippen LogP contribution is -2.44. The molecule has 4 atom stereocenters. The fourth-order valence-electron chi connectivity index (χ4n) is 6.61. The molecule has 2 amide bonds. The van der Waals surface area contributed by atoms with Crippen LogP contribution in [0.4, 0.5) is 9.59 Å². The number of rotatable bonds is 10. The Labute approximate surface area is 308 Å². The van der Waals surface area contributed by atoms with Crippen molar-refractivity contribution >= 4 is 57.4 Å². The van der Waals surface area contributed by atoms with Gasteiger partial charge in [0.15, 0.2) is 5.79 Å². The molecule has 3 aromatic rings. The number of fused-ring (bicyclic) bond motifs is 2. The Bertz CT molecular complexity index is 1620. The first-order chi connectivity index (χ1) is 22.9. The molecule has 1 aliphatic heterocycles. The SMILES string of the molecule is CC(C)(C)OC(=O)N(CCCN(C[C@H]1C[C@@H](n2cc(I)c3c(Cl)ncnc32)[C@@H]2OC(C)(C)O[C@H]12)C(=O)OC(C)(C)C)CCc1ccccc1. The third-order valence-corrected chi connectivity index (χ3v) is 9.66.